The van der Waals surface area contributed by atoms with Gasteiger partial charge in [0, 0.05) is 0 Å². The Hall–Kier alpha value is -5.74. The van der Waals surface area contributed by atoms with Gasteiger partial charge in [0.15, 0.2) is 0 Å². The van der Waals surface area contributed by atoms with Crippen LogP contribution in [0.15, 0.2) is 221 Å². The van der Waals surface area contributed by atoms with Crippen LogP contribution in [0.5, 0.6) is 0 Å². The van der Waals surface area contributed by atoms with E-state index in [0.29, 0.717) is 5.92 Å². The molecule has 0 aliphatic heterocycles. The number of allylic oxidation sites excluding steroid dienone is 4. The molecular formula is C75H76Cl3SiTi. The Morgan fingerprint density at radius 2 is 0.550 bits per heavy atom. The minimum atomic E-state index is -3.11. The standard InChI is InChI=1S/C66H63Si.C9H13.3ClH.Ti/c1-46-49(4)64(43-58(37-52-25-13-7-14-26-52)61(46)40-55-31-19-10-20-32-55)67(65-44-59(38-53-27-15-8-16-28-53)62(47(2)50(65)5)41-56-33-21-11-22-34-56)66-45-60(39-54-29-17-9-18-30-54)63(48(3)51(66)6)42-57-35-23-12-24-36-57;1-6-5-7(2)9(4)8(6)3;;;;/h7-36,43-45H,37-42H2,1-6H3;6H,1-4H3;3*1H;/q;;;;;+3/p-3. The van der Waals surface area contributed by atoms with Crippen LogP contribution in [0.25, 0.3) is 0 Å². The third-order valence-electron chi connectivity index (χ3n) is 17.9. The van der Waals surface area contributed by atoms with E-state index in [9.17, 15) is 0 Å². The second-order valence-corrected chi connectivity index (χ2v) is 31.2. The quantitative estimate of drug-likeness (QED) is 0.0660. The molecular weight excluding hydrogens is 1080 g/mol. The van der Waals surface area contributed by atoms with Crippen LogP contribution in [-0.4, -0.2) is 5.94 Å². The first-order chi connectivity index (χ1) is 37.3. The zero-order chi connectivity index (χ0) is 53.8. The van der Waals surface area contributed by atoms with Gasteiger partial charge in [-0.15, -0.1) is 0 Å². The SMILES string of the molecule is CC1=C(C)C(C)[C]([Ti+3][Si](c2cc(Cc3ccccc3)c(Cc3ccccc3)c(C)c2C)(c2cc(Cc3ccccc3)c(Cc3ccccc3)c(C)c2C)c2cc(Cc3ccccc3)c(Cc3ccccc3)c(C)c2C)=C1C.[Cl-].[Cl-].[Cl-]. The maximum atomic E-state index is 2.82. The summed E-state index contributed by atoms with van der Waals surface area (Å²) in [4.78, 5) is 0. The summed E-state index contributed by atoms with van der Waals surface area (Å²) >= 11 is -0.944. The van der Waals surface area contributed by atoms with Gasteiger partial charge in [-0.05, 0) is 0 Å². The van der Waals surface area contributed by atoms with Crippen molar-refractivity contribution in [2.75, 3.05) is 0 Å². The monoisotopic (exact) mass is 1160 g/mol. The summed E-state index contributed by atoms with van der Waals surface area (Å²) in [6.07, 6.45) is 5.39. The molecule has 1 aliphatic carbocycles. The molecule has 9 aromatic rings. The average Bonchev–Trinajstić information content (AvgIpc) is 3.70. The molecule has 0 saturated carbocycles. The summed E-state index contributed by atoms with van der Waals surface area (Å²) in [5.74, 6) is -2.71. The smallest absolute Gasteiger partial charge is 1.00 e. The summed E-state index contributed by atoms with van der Waals surface area (Å²) in [5.41, 5.74) is 30.4. The Kier molecular flexibility index (Phi) is 21.2. The van der Waals surface area contributed by atoms with Gasteiger partial charge in [0.05, 0.1) is 0 Å². The molecule has 0 aromatic heterocycles. The van der Waals surface area contributed by atoms with Crippen molar-refractivity contribution in [3.05, 3.63) is 321 Å². The number of rotatable bonds is 17. The van der Waals surface area contributed by atoms with Crippen molar-refractivity contribution in [2.45, 2.75) is 108 Å². The van der Waals surface area contributed by atoms with Gasteiger partial charge in [0.25, 0.3) is 0 Å². The van der Waals surface area contributed by atoms with E-state index in [-0.39, 0.29) is 37.2 Å². The van der Waals surface area contributed by atoms with Gasteiger partial charge in [0.2, 0.25) is 0 Å². The van der Waals surface area contributed by atoms with Gasteiger partial charge in [-0.3, -0.25) is 0 Å². The Morgan fingerprint density at radius 1 is 0.312 bits per heavy atom. The van der Waals surface area contributed by atoms with E-state index in [1.165, 1.54) is 106 Å². The minimum absolute atomic E-state index is 0. The van der Waals surface area contributed by atoms with Crippen LogP contribution < -0.4 is 52.8 Å². The largest absolute Gasteiger partial charge is 1.00 e. The van der Waals surface area contributed by atoms with Crippen LogP contribution in [0.3, 0.4) is 0 Å². The number of benzene rings is 9. The van der Waals surface area contributed by atoms with Crippen LogP contribution in [0.2, 0.25) is 0 Å². The topological polar surface area (TPSA) is 0 Å². The number of halogens is 3. The van der Waals surface area contributed by atoms with Crippen LogP contribution in [0.4, 0.5) is 0 Å². The normalized spacial score (nSPS) is 13.1. The van der Waals surface area contributed by atoms with Crippen molar-refractivity contribution in [2.24, 2.45) is 5.92 Å². The van der Waals surface area contributed by atoms with Crippen LogP contribution in [0.1, 0.15) is 128 Å². The molecule has 0 radical (unpaired) electrons. The molecule has 0 N–H and O–H groups in total. The summed E-state index contributed by atoms with van der Waals surface area (Å²) in [6.45, 7) is 24.9. The van der Waals surface area contributed by atoms with E-state index < -0.39 is 24.3 Å². The third kappa shape index (κ3) is 12.8. The Balaban J connectivity index is 0.00000308. The van der Waals surface area contributed by atoms with Crippen molar-refractivity contribution < 1.29 is 55.6 Å². The molecule has 0 saturated heterocycles. The van der Waals surface area contributed by atoms with E-state index >= 15 is 0 Å². The molecule has 0 amide bonds. The van der Waals surface area contributed by atoms with Gasteiger partial charge in [-0.1, -0.05) is 0 Å². The minimum Gasteiger partial charge on any atom is -1.00 e. The summed E-state index contributed by atoms with van der Waals surface area (Å²) in [7, 11) is 0. The summed E-state index contributed by atoms with van der Waals surface area (Å²) in [5, 5.41) is 4.88. The molecule has 0 fully saturated rings. The molecule has 9 aromatic carbocycles. The molecule has 0 bridgehead atoms. The molecule has 1 unspecified atom stereocenters. The molecule has 0 spiro atoms. The molecule has 0 heterocycles. The van der Waals surface area contributed by atoms with E-state index in [2.05, 4.69) is 269 Å². The van der Waals surface area contributed by atoms with Crippen molar-refractivity contribution >= 4 is 21.5 Å². The fourth-order valence-corrected chi connectivity index (χ4v) is 28.2. The van der Waals surface area contributed by atoms with Crippen LogP contribution >= 0.6 is 0 Å². The fourth-order valence-electron chi connectivity index (χ4n) is 12.7. The van der Waals surface area contributed by atoms with Crippen molar-refractivity contribution in [1.82, 2.24) is 0 Å². The molecule has 405 valence electrons. The molecule has 0 nitrogen and oxygen atoms in total. The van der Waals surface area contributed by atoms with Crippen molar-refractivity contribution in [1.29, 1.82) is 0 Å². The molecule has 10 rings (SSSR count). The summed E-state index contributed by atoms with van der Waals surface area (Å²) < 4.78 is 1.74. The Bertz CT molecular complexity index is 3290. The first-order valence-corrected chi connectivity index (χ1v) is 33.2. The zero-order valence-corrected chi connectivity index (χ0v) is 53.3. The molecule has 5 heteroatoms. The maximum absolute atomic E-state index is 3.11. The van der Waals surface area contributed by atoms with Gasteiger partial charge >= 0.3 is 475 Å². The number of hydrogen-bond acceptors (Lipinski definition) is 0. The average molecular weight is 1160 g/mol. The summed E-state index contributed by atoms with van der Waals surface area (Å²) in [6, 6.07) is 76.0. The van der Waals surface area contributed by atoms with Crippen molar-refractivity contribution in [3.63, 3.8) is 0 Å². The van der Waals surface area contributed by atoms with Gasteiger partial charge in [-0.25, -0.2) is 0 Å². The molecule has 1 aliphatic rings. The third-order valence-corrected chi connectivity index (χ3v) is 30.6. The number of hydrogen-bond donors (Lipinski definition) is 0. The van der Waals surface area contributed by atoms with E-state index in [4.69, 9.17) is 0 Å². The zero-order valence-electron chi connectivity index (χ0n) is 48.5. The fraction of sp³-hybridized carbons (Fsp3) is 0.227. The van der Waals surface area contributed by atoms with Gasteiger partial charge in [-0.2, -0.15) is 0 Å². The van der Waals surface area contributed by atoms with E-state index in [0.717, 1.165) is 38.5 Å². The second-order valence-electron chi connectivity index (χ2n) is 22.4. The van der Waals surface area contributed by atoms with Crippen LogP contribution in [-0.2, 0) is 56.9 Å². The van der Waals surface area contributed by atoms with E-state index in [1.54, 1.807) is 30.6 Å². The van der Waals surface area contributed by atoms with Crippen LogP contribution in [0, 0.1) is 47.5 Å². The predicted octanol–water partition coefficient (Wildman–Crippen LogP) is 7.40. The molecule has 80 heavy (non-hydrogen) atoms. The molecule has 1 atom stereocenters. The first kappa shape index (κ1) is 61.9. The van der Waals surface area contributed by atoms with E-state index in [1.807, 2.05) is 0 Å². The van der Waals surface area contributed by atoms with Crippen molar-refractivity contribution in [3.8, 4) is 0 Å². The van der Waals surface area contributed by atoms with Gasteiger partial charge < -0.3 is 37.2 Å². The Morgan fingerprint density at radius 3 is 0.775 bits per heavy atom. The first-order valence-electron chi connectivity index (χ1n) is 28.1. The predicted molar refractivity (Wildman–Crippen MR) is 328 cm³/mol. The van der Waals surface area contributed by atoms with Gasteiger partial charge in [0.1, 0.15) is 0 Å². The Labute approximate surface area is 507 Å². The maximum Gasteiger partial charge on any atom is -1.00 e. The second kappa shape index (κ2) is 27.4.